The van der Waals surface area contributed by atoms with Gasteiger partial charge in [-0.05, 0) is 51.3 Å². The minimum Gasteiger partial charge on any atom is -0.496 e. The van der Waals surface area contributed by atoms with Gasteiger partial charge in [0, 0.05) is 17.5 Å². The second-order valence-electron chi connectivity index (χ2n) is 4.74. The molecule has 2 aromatic carbocycles. The van der Waals surface area contributed by atoms with Crippen molar-refractivity contribution in [1.29, 1.82) is 0 Å². The Bertz CT molecular complexity index is 621. The predicted molar refractivity (Wildman–Crippen MR) is 88.9 cm³/mol. The highest BCUT2D eigenvalue weighted by Crippen LogP contribution is 2.35. The van der Waals surface area contributed by atoms with E-state index in [2.05, 4.69) is 15.9 Å². The molecular weight excluding hydrogens is 354 g/mol. The van der Waals surface area contributed by atoms with E-state index in [4.69, 9.17) is 22.1 Å². The SMILES string of the molecule is COc1ccc(C(O)C(CN)c2cccc(Cl)c2)cc1Br. The maximum absolute atomic E-state index is 10.6. The standard InChI is InChI=1S/C16H17BrClNO2/c1-21-15-6-5-11(8-14(15)17)16(20)13(9-19)10-3-2-4-12(18)7-10/h2-8,13,16,20H,9,19H2,1H3. The minimum absolute atomic E-state index is 0.219. The number of aliphatic hydroxyl groups is 1. The molecule has 2 rings (SSSR count). The Balaban J connectivity index is 2.32. The Morgan fingerprint density at radius 2 is 2.00 bits per heavy atom. The van der Waals surface area contributed by atoms with Crippen molar-refractivity contribution < 1.29 is 9.84 Å². The second-order valence-corrected chi connectivity index (χ2v) is 6.03. The van der Waals surface area contributed by atoms with Gasteiger partial charge in [-0.1, -0.05) is 29.8 Å². The first-order valence-corrected chi connectivity index (χ1v) is 7.71. The van der Waals surface area contributed by atoms with Crippen molar-refractivity contribution in [1.82, 2.24) is 0 Å². The molecule has 5 heteroatoms. The van der Waals surface area contributed by atoms with Crippen LogP contribution in [0.4, 0.5) is 0 Å². The van der Waals surface area contributed by atoms with Crippen LogP contribution < -0.4 is 10.5 Å². The molecule has 0 radical (unpaired) electrons. The van der Waals surface area contributed by atoms with Crippen LogP contribution in [-0.2, 0) is 0 Å². The van der Waals surface area contributed by atoms with Gasteiger partial charge in [-0.2, -0.15) is 0 Å². The van der Waals surface area contributed by atoms with Gasteiger partial charge in [0.15, 0.2) is 0 Å². The number of ether oxygens (including phenoxy) is 1. The van der Waals surface area contributed by atoms with Crippen LogP contribution in [0.3, 0.4) is 0 Å². The fourth-order valence-electron chi connectivity index (χ4n) is 2.28. The lowest BCUT2D eigenvalue weighted by molar-refractivity contribution is 0.147. The highest BCUT2D eigenvalue weighted by atomic mass is 79.9. The number of hydrogen-bond donors (Lipinski definition) is 2. The average Bonchev–Trinajstić information content (AvgIpc) is 2.48. The number of methoxy groups -OCH3 is 1. The second kappa shape index (κ2) is 7.27. The van der Waals surface area contributed by atoms with Crippen molar-refractivity contribution in [3.8, 4) is 5.75 Å². The van der Waals surface area contributed by atoms with Crippen LogP contribution in [0.2, 0.25) is 5.02 Å². The van der Waals surface area contributed by atoms with E-state index in [1.54, 1.807) is 13.2 Å². The summed E-state index contributed by atoms with van der Waals surface area (Å²) in [5.74, 6) is 0.502. The summed E-state index contributed by atoms with van der Waals surface area (Å²) in [6.45, 7) is 0.325. The van der Waals surface area contributed by atoms with Crippen LogP contribution in [0.1, 0.15) is 23.1 Å². The molecule has 0 saturated carbocycles. The van der Waals surface area contributed by atoms with Gasteiger partial charge in [0.05, 0.1) is 17.7 Å². The third-order valence-corrected chi connectivity index (χ3v) is 4.28. The summed E-state index contributed by atoms with van der Waals surface area (Å²) in [5.41, 5.74) is 7.54. The van der Waals surface area contributed by atoms with Crippen LogP contribution in [0.25, 0.3) is 0 Å². The normalized spacial score (nSPS) is 13.8. The lowest BCUT2D eigenvalue weighted by Gasteiger charge is -2.23. The van der Waals surface area contributed by atoms with Gasteiger partial charge in [0.1, 0.15) is 5.75 Å². The molecule has 3 nitrogen and oxygen atoms in total. The Morgan fingerprint density at radius 1 is 1.24 bits per heavy atom. The van der Waals surface area contributed by atoms with Crippen molar-refractivity contribution in [2.45, 2.75) is 12.0 Å². The molecule has 112 valence electrons. The summed E-state index contributed by atoms with van der Waals surface area (Å²) in [6.07, 6.45) is -0.712. The van der Waals surface area contributed by atoms with Gasteiger partial charge in [0.2, 0.25) is 0 Å². The van der Waals surface area contributed by atoms with E-state index in [-0.39, 0.29) is 5.92 Å². The topological polar surface area (TPSA) is 55.5 Å². The van der Waals surface area contributed by atoms with Crippen molar-refractivity contribution in [3.05, 3.63) is 63.1 Å². The fourth-order valence-corrected chi connectivity index (χ4v) is 3.04. The molecule has 0 aliphatic heterocycles. The van der Waals surface area contributed by atoms with E-state index < -0.39 is 6.10 Å². The van der Waals surface area contributed by atoms with E-state index in [1.807, 2.05) is 36.4 Å². The number of benzene rings is 2. The van der Waals surface area contributed by atoms with Crippen molar-refractivity contribution in [2.24, 2.45) is 5.73 Å². The molecular formula is C16H17BrClNO2. The highest BCUT2D eigenvalue weighted by molar-refractivity contribution is 9.10. The first-order chi connectivity index (χ1) is 10.1. The molecule has 0 aromatic heterocycles. The van der Waals surface area contributed by atoms with Crippen LogP contribution in [0.5, 0.6) is 5.75 Å². The average molecular weight is 371 g/mol. The van der Waals surface area contributed by atoms with E-state index in [9.17, 15) is 5.11 Å². The summed E-state index contributed by atoms with van der Waals surface area (Å²) in [4.78, 5) is 0. The third-order valence-electron chi connectivity index (χ3n) is 3.43. The molecule has 2 atom stereocenters. The van der Waals surface area contributed by atoms with Crippen molar-refractivity contribution >= 4 is 27.5 Å². The molecule has 0 spiro atoms. The Hall–Kier alpha value is -1.07. The Kier molecular flexibility index (Phi) is 5.65. The smallest absolute Gasteiger partial charge is 0.133 e. The van der Waals surface area contributed by atoms with Gasteiger partial charge in [-0.3, -0.25) is 0 Å². The summed E-state index contributed by atoms with van der Waals surface area (Å²) >= 11 is 9.44. The summed E-state index contributed by atoms with van der Waals surface area (Å²) < 4.78 is 5.99. The van der Waals surface area contributed by atoms with Gasteiger partial charge in [0.25, 0.3) is 0 Å². The number of nitrogens with two attached hydrogens (primary N) is 1. The van der Waals surface area contributed by atoms with Gasteiger partial charge in [-0.25, -0.2) is 0 Å². The molecule has 3 N–H and O–H groups in total. The first-order valence-electron chi connectivity index (χ1n) is 6.54. The minimum atomic E-state index is -0.712. The molecule has 0 heterocycles. The molecule has 0 bridgehead atoms. The molecule has 0 saturated heterocycles. The monoisotopic (exact) mass is 369 g/mol. The van der Waals surface area contributed by atoms with Gasteiger partial charge < -0.3 is 15.6 Å². The van der Waals surface area contributed by atoms with E-state index in [1.165, 1.54) is 0 Å². The van der Waals surface area contributed by atoms with Gasteiger partial charge in [-0.15, -0.1) is 0 Å². The maximum Gasteiger partial charge on any atom is 0.133 e. The van der Waals surface area contributed by atoms with Crippen LogP contribution in [0.15, 0.2) is 46.9 Å². The predicted octanol–water partition coefficient (Wildman–Crippen LogP) is 3.89. The number of halogens is 2. The number of rotatable bonds is 5. The van der Waals surface area contributed by atoms with Crippen LogP contribution in [0, 0.1) is 0 Å². The van der Waals surface area contributed by atoms with Gasteiger partial charge >= 0.3 is 0 Å². The molecule has 2 aromatic rings. The maximum atomic E-state index is 10.6. The zero-order valence-corrected chi connectivity index (χ0v) is 13.9. The van der Waals surface area contributed by atoms with Crippen LogP contribution in [-0.4, -0.2) is 18.8 Å². The Morgan fingerprint density at radius 3 is 2.57 bits per heavy atom. The molecule has 2 unspecified atom stereocenters. The molecule has 21 heavy (non-hydrogen) atoms. The summed E-state index contributed by atoms with van der Waals surface area (Å²) in [6, 6.07) is 12.9. The summed E-state index contributed by atoms with van der Waals surface area (Å²) in [5, 5.41) is 11.3. The van der Waals surface area contributed by atoms with Crippen molar-refractivity contribution in [3.63, 3.8) is 0 Å². The van der Waals surface area contributed by atoms with Crippen molar-refractivity contribution in [2.75, 3.05) is 13.7 Å². The summed E-state index contributed by atoms with van der Waals surface area (Å²) in [7, 11) is 1.60. The molecule has 0 aliphatic rings. The molecule has 0 aliphatic carbocycles. The Labute approximate surface area is 137 Å². The highest BCUT2D eigenvalue weighted by Gasteiger charge is 2.22. The first kappa shape index (κ1) is 16.3. The molecule has 0 amide bonds. The largest absolute Gasteiger partial charge is 0.496 e. The van der Waals surface area contributed by atoms with E-state index in [0.717, 1.165) is 21.3 Å². The third kappa shape index (κ3) is 3.77. The quantitative estimate of drug-likeness (QED) is 0.839. The van der Waals surface area contributed by atoms with E-state index in [0.29, 0.717) is 11.6 Å². The van der Waals surface area contributed by atoms with Crippen LogP contribution >= 0.6 is 27.5 Å². The zero-order chi connectivity index (χ0) is 15.4. The number of aliphatic hydroxyl groups excluding tert-OH is 1. The number of hydrogen-bond acceptors (Lipinski definition) is 3. The fraction of sp³-hybridized carbons (Fsp3) is 0.250. The lowest BCUT2D eigenvalue weighted by Crippen LogP contribution is -2.20. The zero-order valence-electron chi connectivity index (χ0n) is 11.6. The molecule has 0 fully saturated rings. The lowest BCUT2D eigenvalue weighted by atomic mass is 9.89. The van der Waals surface area contributed by atoms with E-state index >= 15 is 0 Å².